The molecule has 0 aliphatic rings. The van der Waals surface area contributed by atoms with Gasteiger partial charge in [0.05, 0.1) is 16.9 Å². The average molecular weight is 386 g/mol. The first-order chi connectivity index (χ1) is 11.2. The van der Waals surface area contributed by atoms with Crippen LogP contribution in [0.2, 0.25) is 15.2 Å². The first kappa shape index (κ1) is 18.5. The number of hydrogen-bond donors (Lipinski definition) is 2. The fraction of sp³-hybridized carbons (Fsp3) is 0.188. The molecule has 1 amide bonds. The van der Waals surface area contributed by atoms with Gasteiger partial charge in [0, 0.05) is 5.56 Å². The van der Waals surface area contributed by atoms with Crippen LogP contribution in [0.5, 0.6) is 0 Å². The maximum Gasteiger partial charge on any atom is 0.291 e. The van der Waals surface area contributed by atoms with Crippen LogP contribution < -0.4 is 11.2 Å². The standard InChI is InChI=1S/C16H15Cl3N4O/c1-7-4-8(2)10(9(3)5-7)6-21-23-16(24)14-11(17)13(20)12(18)15(19)22-14/h4-6H,1-3H3,(H2,20,22)(H,23,24)/b21-6+. The lowest BCUT2D eigenvalue weighted by molar-refractivity contribution is 0.0950. The van der Waals surface area contributed by atoms with Gasteiger partial charge in [-0.15, -0.1) is 0 Å². The molecule has 24 heavy (non-hydrogen) atoms. The number of nitrogens with zero attached hydrogens (tertiary/aromatic N) is 2. The highest BCUT2D eigenvalue weighted by atomic mass is 35.5. The summed E-state index contributed by atoms with van der Waals surface area (Å²) in [5.74, 6) is -0.635. The van der Waals surface area contributed by atoms with Gasteiger partial charge >= 0.3 is 0 Å². The van der Waals surface area contributed by atoms with Crippen molar-refractivity contribution in [3.63, 3.8) is 0 Å². The van der Waals surface area contributed by atoms with E-state index in [2.05, 4.69) is 15.5 Å². The molecule has 0 atom stereocenters. The molecule has 0 saturated heterocycles. The van der Waals surface area contributed by atoms with Crippen LogP contribution in [0, 0.1) is 20.8 Å². The monoisotopic (exact) mass is 384 g/mol. The predicted molar refractivity (Wildman–Crippen MR) is 99.4 cm³/mol. The minimum absolute atomic E-state index is 0.00214. The first-order valence-electron chi connectivity index (χ1n) is 6.93. The molecule has 2 aromatic rings. The Bertz CT molecular complexity index is 827. The van der Waals surface area contributed by atoms with Crippen LogP contribution in [0.15, 0.2) is 17.2 Å². The average Bonchev–Trinajstić information content (AvgIpc) is 2.51. The first-order valence-corrected chi connectivity index (χ1v) is 8.07. The number of pyridine rings is 1. The summed E-state index contributed by atoms with van der Waals surface area (Å²) in [6, 6.07) is 4.07. The zero-order valence-corrected chi connectivity index (χ0v) is 15.5. The van der Waals surface area contributed by atoms with Gasteiger partial charge < -0.3 is 5.73 Å². The second kappa shape index (κ2) is 7.38. The summed E-state index contributed by atoms with van der Waals surface area (Å²) in [6.45, 7) is 5.97. The fourth-order valence-corrected chi connectivity index (χ4v) is 2.88. The van der Waals surface area contributed by atoms with Crippen LogP contribution in [0.3, 0.4) is 0 Å². The van der Waals surface area contributed by atoms with E-state index in [9.17, 15) is 4.79 Å². The lowest BCUT2D eigenvalue weighted by Crippen LogP contribution is -2.20. The number of nitrogen functional groups attached to an aromatic ring is 1. The van der Waals surface area contributed by atoms with E-state index in [0.29, 0.717) is 0 Å². The maximum atomic E-state index is 12.2. The quantitative estimate of drug-likeness (QED) is 0.469. The molecule has 5 nitrogen and oxygen atoms in total. The van der Waals surface area contributed by atoms with Crippen molar-refractivity contribution < 1.29 is 4.79 Å². The van der Waals surface area contributed by atoms with Gasteiger partial charge in [0.2, 0.25) is 0 Å². The van der Waals surface area contributed by atoms with Crippen molar-refractivity contribution in [3.8, 4) is 0 Å². The molecule has 1 heterocycles. The van der Waals surface area contributed by atoms with Crippen molar-refractivity contribution in [1.29, 1.82) is 0 Å². The van der Waals surface area contributed by atoms with Crippen molar-refractivity contribution >= 4 is 52.6 Å². The van der Waals surface area contributed by atoms with Crippen molar-refractivity contribution in [2.75, 3.05) is 5.73 Å². The highest BCUT2D eigenvalue weighted by Gasteiger charge is 2.19. The van der Waals surface area contributed by atoms with E-state index in [-0.39, 0.29) is 26.6 Å². The van der Waals surface area contributed by atoms with Gasteiger partial charge in [-0.1, -0.05) is 52.5 Å². The number of nitrogens with two attached hydrogens (primary N) is 1. The number of nitrogens with one attached hydrogen (secondary N) is 1. The smallest absolute Gasteiger partial charge is 0.291 e. The molecule has 0 aliphatic heterocycles. The summed E-state index contributed by atoms with van der Waals surface area (Å²) >= 11 is 17.6. The van der Waals surface area contributed by atoms with Crippen molar-refractivity contribution in [1.82, 2.24) is 10.4 Å². The van der Waals surface area contributed by atoms with Crippen LogP contribution in [-0.2, 0) is 0 Å². The minimum Gasteiger partial charge on any atom is -0.396 e. The fourth-order valence-electron chi connectivity index (χ4n) is 2.29. The number of anilines is 1. The Hall–Kier alpha value is -1.82. The third-order valence-electron chi connectivity index (χ3n) is 3.38. The summed E-state index contributed by atoms with van der Waals surface area (Å²) in [5.41, 5.74) is 12.1. The summed E-state index contributed by atoms with van der Waals surface area (Å²) in [6.07, 6.45) is 1.57. The van der Waals surface area contributed by atoms with Crippen molar-refractivity contribution in [3.05, 3.63) is 55.3 Å². The predicted octanol–water partition coefficient (Wildman–Crippen LogP) is 4.31. The van der Waals surface area contributed by atoms with Crippen molar-refractivity contribution in [2.45, 2.75) is 20.8 Å². The number of rotatable bonds is 3. The highest BCUT2D eigenvalue weighted by Crippen LogP contribution is 2.34. The second-order valence-corrected chi connectivity index (χ2v) is 6.42. The van der Waals surface area contributed by atoms with E-state index < -0.39 is 5.91 Å². The zero-order valence-electron chi connectivity index (χ0n) is 13.2. The summed E-state index contributed by atoms with van der Waals surface area (Å²) < 4.78 is 0. The molecule has 0 bridgehead atoms. The zero-order chi connectivity index (χ0) is 18.0. The summed E-state index contributed by atoms with van der Waals surface area (Å²) in [4.78, 5) is 16.0. The van der Waals surface area contributed by atoms with Crippen LogP contribution in [-0.4, -0.2) is 17.1 Å². The number of amides is 1. The molecule has 0 saturated carbocycles. The van der Waals surface area contributed by atoms with E-state index in [1.165, 1.54) is 0 Å². The third-order valence-corrected chi connectivity index (χ3v) is 4.52. The number of aromatic nitrogens is 1. The molecule has 1 aromatic heterocycles. The Morgan fingerprint density at radius 3 is 2.33 bits per heavy atom. The largest absolute Gasteiger partial charge is 0.396 e. The number of benzene rings is 1. The molecular formula is C16H15Cl3N4O. The molecule has 0 fully saturated rings. The van der Waals surface area contributed by atoms with E-state index in [4.69, 9.17) is 40.5 Å². The summed E-state index contributed by atoms with van der Waals surface area (Å²) in [7, 11) is 0. The number of carbonyl (C=O) groups excluding carboxylic acids is 1. The Labute approximate surface area is 154 Å². The van der Waals surface area contributed by atoms with Crippen LogP contribution >= 0.6 is 34.8 Å². The van der Waals surface area contributed by atoms with Gasteiger partial charge in [-0.25, -0.2) is 10.4 Å². The molecule has 0 radical (unpaired) electrons. The molecule has 2 rings (SSSR count). The van der Waals surface area contributed by atoms with E-state index in [1.54, 1.807) is 6.21 Å². The van der Waals surface area contributed by atoms with Gasteiger partial charge in [-0.3, -0.25) is 4.79 Å². The molecule has 8 heteroatoms. The number of hydrazone groups is 1. The normalized spacial score (nSPS) is 11.1. The van der Waals surface area contributed by atoms with Crippen LogP contribution in [0.1, 0.15) is 32.7 Å². The number of aryl methyl sites for hydroxylation is 3. The third kappa shape index (κ3) is 3.80. The Morgan fingerprint density at radius 1 is 1.17 bits per heavy atom. The van der Waals surface area contributed by atoms with Gasteiger partial charge in [0.1, 0.15) is 5.02 Å². The molecule has 0 aliphatic carbocycles. The molecule has 1 aromatic carbocycles. The number of halogens is 3. The molecule has 126 valence electrons. The highest BCUT2D eigenvalue weighted by molar-refractivity contribution is 6.46. The molecule has 3 N–H and O–H groups in total. The minimum atomic E-state index is -0.635. The van der Waals surface area contributed by atoms with Gasteiger partial charge in [0.25, 0.3) is 5.91 Å². The molecular weight excluding hydrogens is 371 g/mol. The number of carbonyl (C=O) groups is 1. The van der Waals surface area contributed by atoms with Crippen LogP contribution in [0.25, 0.3) is 0 Å². The van der Waals surface area contributed by atoms with E-state index in [1.807, 2.05) is 32.9 Å². The SMILES string of the molecule is Cc1cc(C)c(/C=N/NC(=O)c2nc(Cl)c(Cl)c(N)c2Cl)c(C)c1. The Balaban J connectivity index is 2.23. The molecule has 0 spiro atoms. The lowest BCUT2D eigenvalue weighted by atomic mass is 10.0. The van der Waals surface area contributed by atoms with Gasteiger partial charge in [0.15, 0.2) is 10.8 Å². The second-order valence-electron chi connectivity index (χ2n) is 5.30. The number of hydrogen-bond acceptors (Lipinski definition) is 4. The topological polar surface area (TPSA) is 80.4 Å². The van der Waals surface area contributed by atoms with Gasteiger partial charge in [-0.05, 0) is 31.9 Å². The van der Waals surface area contributed by atoms with E-state index >= 15 is 0 Å². The summed E-state index contributed by atoms with van der Waals surface area (Å²) in [5, 5.41) is 3.79. The Morgan fingerprint density at radius 2 is 1.75 bits per heavy atom. The van der Waals surface area contributed by atoms with E-state index in [0.717, 1.165) is 22.3 Å². The Kier molecular flexibility index (Phi) is 5.70. The lowest BCUT2D eigenvalue weighted by Gasteiger charge is -2.08. The van der Waals surface area contributed by atoms with Crippen molar-refractivity contribution in [2.24, 2.45) is 5.10 Å². The van der Waals surface area contributed by atoms with Crippen LogP contribution in [0.4, 0.5) is 5.69 Å². The molecule has 0 unspecified atom stereocenters. The van der Waals surface area contributed by atoms with Gasteiger partial charge in [-0.2, -0.15) is 5.10 Å². The maximum absolute atomic E-state index is 12.2.